The lowest BCUT2D eigenvalue weighted by atomic mass is 9.89. The molecule has 0 N–H and O–H groups in total. The number of hydrogen-bond donors (Lipinski definition) is 0. The number of nitrogens with zero attached hydrogens (tertiary/aromatic N) is 1. The van der Waals surface area contributed by atoms with Gasteiger partial charge in [0.15, 0.2) is 0 Å². The molecule has 1 atom stereocenters. The van der Waals surface area contributed by atoms with Gasteiger partial charge in [-0.2, -0.15) is 0 Å². The molecule has 17 heavy (non-hydrogen) atoms. The maximum absolute atomic E-state index is 6.40. The smallest absolute Gasteiger partial charge is 0.0705 e. The average Bonchev–Trinajstić information content (AvgIpc) is 2.27. The number of aromatic nitrogens is 1. The molecule has 0 fully saturated rings. The second kappa shape index (κ2) is 4.66. The second-order valence-electron chi connectivity index (χ2n) is 5.53. The highest BCUT2D eigenvalue weighted by Crippen LogP contribution is 2.27. The van der Waals surface area contributed by atoms with Gasteiger partial charge in [0.2, 0.25) is 0 Å². The number of rotatable bonds is 2. The summed E-state index contributed by atoms with van der Waals surface area (Å²) >= 11 is 6.40. The van der Waals surface area contributed by atoms with Crippen LogP contribution in [0.25, 0.3) is 10.9 Å². The molecule has 2 aromatic rings. The molecule has 1 unspecified atom stereocenters. The van der Waals surface area contributed by atoms with E-state index in [1.54, 1.807) is 0 Å². The number of benzene rings is 1. The van der Waals surface area contributed by atoms with Crippen molar-refractivity contribution in [1.82, 2.24) is 4.98 Å². The van der Waals surface area contributed by atoms with Crippen LogP contribution in [0.5, 0.6) is 0 Å². The highest BCUT2D eigenvalue weighted by molar-refractivity contribution is 6.21. The number of fused-ring (bicyclic) bond motifs is 1. The largest absolute Gasteiger partial charge is 0.253 e. The topological polar surface area (TPSA) is 12.9 Å². The van der Waals surface area contributed by atoms with Crippen LogP contribution in [0.3, 0.4) is 0 Å². The predicted molar refractivity (Wildman–Crippen MR) is 74.5 cm³/mol. The van der Waals surface area contributed by atoms with Gasteiger partial charge < -0.3 is 0 Å². The Morgan fingerprint density at radius 3 is 2.53 bits per heavy atom. The molecule has 0 amide bonds. The van der Waals surface area contributed by atoms with Crippen LogP contribution in [0.2, 0.25) is 0 Å². The molecule has 2 rings (SSSR count). The average molecular weight is 248 g/mol. The minimum Gasteiger partial charge on any atom is -0.253 e. The van der Waals surface area contributed by atoms with Crippen molar-refractivity contribution in [3.05, 3.63) is 42.1 Å². The van der Waals surface area contributed by atoms with E-state index in [9.17, 15) is 0 Å². The number of alkyl halides is 1. The monoisotopic (exact) mass is 247 g/mol. The third-order valence-electron chi connectivity index (χ3n) is 2.98. The van der Waals surface area contributed by atoms with Gasteiger partial charge in [0.1, 0.15) is 0 Å². The fourth-order valence-electron chi connectivity index (χ4n) is 1.71. The Hall–Kier alpha value is -1.08. The Kier molecular flexibility index (Phi) is 3.39. The summed E-state index contributed by atoms with van der Waals surface area (Å²) in [5.41, 5.74) is 2.22. The lowest BCUT2D eigenvalue weighted by Gasteiger charge is -2.24. The Bertz CT molecular complexity index is 514. The van der Waals surface area contributed by atoms with Crippen LogP contribution < -0.4 is 0 Å². The van der Waals surface area contributed by atoms with Crippen LogP contribution in [0.15, 0.2) is 36.4 Å². The first kappa shape index (κ1) is 12.4. The van der Waals surface area contributed by atoms with Crippen LogP contribution >= 0.6 is 11.6 Å². The van der Waals surface area contributed by atoms with Gasteiger partial charge in [0.25, 0.3) is 0 Å². The van der Waals surface area contributed by atoms with E-state index in [1.807, 2.05) is 18.2 Å². The molecule has 0 aliphatic heterocycles. The number of halogens is 1. The van der Waals surface area contributed by atoms with Gasteiger partial charge in [-0.15, -0.1) is 11.6 Å². The molecule has 2 heteroatoms. The Morgan fingerprint density at radius 1 is 1.12 bits per heavy atom. The van der Waals surface area contributed by atoms with Crippen molar-refractivity contribution in [3.63, 3.8) is 0 Å². The van der Waals surface area contributed by atoms with Gasteiger partial charge in [-0.05, 0) is 17.5 Å². The molecular weight excluding hydrogens is 230 g/mol. The summed E-state index contributed by atoms with van der Waals surface area (Å²) in [7, 11) is 0. The van der Waals surface area contributed by atoms with Crippen LogP contribution in [-0.4, -0.2) is 10.4 Å². The lowest BCUT2D eigenvalue weighted by molar-refractivity contribution is 0.385. The molecule has 0 aliphatic carbocycles. The lowest BCUT2D eigenvalue weighted by Crippen LogP contribution is -2.23. The molecule has 0 bridgehead atoms. The minimum absolute atomic E-state index is 0.106. The Labute approximate surface area is 108 Å². The normalized spacial score (nSPS) is 13.9. The molecule has 0 saturated heterocycles. The summed E-state index contributed by atoms with van der Waals surface area (Å²) in [5.74, 6) is 0. The van der Waals surface area contributed by atoms with E-state index in [0.29, 0.717) is 0 Å². The van der Waals surface area contributed by atoms with Gasteiger partial charge in [0.05, 0.1) is 5.52 Å². The zero-order valence-corrected chi connectivity index (χ0v) is 11.3. The van der Waals surface area contributed by atoms with Crippen molar-refractivity contribution >= 4 is 22.5 Å². The third-order valence-corrected chi connectivity index (χ3v) is 3.79. The van der Waals surface area contributed by atoms with Crippen LogP contribution in [-0.2, 0) is 6.42 Å². The fourth-order valence-corrected chi connectivity index (χ4v) is 1.87. The summed E-state index contributed by atoms with van der Waals surface area (Å²) in [6, 6.07) is 12.4. The highest BCUT2D eigenvalue weighted by Gasteiger charge is 2.22. The quantitative estimate of drug-likeness (QED) is 0.716. The van der Waals surface area contributed by atoms with Gasteiger partial charge in [-0.1, -0.05) is 45.0 Å². The summed E-state index contributed by atoms with van der Waals surface area (Å²) in [4.78, 5) is 4.64. The maximum Gasteiger partial charge on any atom is 0.0705 e. The summed E-state index contributed by atoms with van der Waals surface area (Å²) in [5, 5.41) is 1.29. The van der Waals surface area contributed by atoms with Crippen molar-refractivity contribution in [2.45, 2.75) is 32.6 Å². The second-order valence-corrected chi connectivity index (χ2v) is 6.06. The summed E-state index contributed by atoms with van der Waals surface area (Å²) < 4.78 is 0. The molecule has 0 saturated carbocycles. The van der Waals surface area contributed by atoms with Crippen LogP contribution in [0, 0.1) is 5.41 Å². The standard InChI is InChI=1S/C15H18ClN/c1-15(2,3)14(16)10-12-9-8-11-6-4-5-7-13(11)17-12/h4-9,14H,10H2,1-3H3. The Morgan fingerprint density at radius 2 is 1.82 bits per heavy atom. The minimum atomic E-state index is 0.106. The van der Waals surface area contributed by atoms with E-state index in [2.05, 4.69) is 44.0 Å². The number of para-hydroxylation sites is 1. The predicted octanol–water partition coefficient (Wildman–Crippen LogP) is 4.43. The van der Waals surface area contributed by atoms with Crippen molar-refractivity contribution < 1.29 is 0 Å². The zero-order chi connectivity index (χ0) is 12.5. The van der Waals surface area contributed by atoms with E-state index in [0.717, 1.165) is 17.6 Å². The molecule has 1 heterocycles. The molecule has 0 radical (unpaired) electrons. The summed E-state index contributed by atoms with van der Waals surface area (Å²) in [6.45, 7) is 6.48. The van der Waals surface area contributed by atoms with E-state index in [4.69, 9.17) is 11.6 Å². The van der Waals surface area contributed by atoms with Crippen molar-refractivity contribution in [2.24, 2.45) is 5.41 Å². The van der Waals surface area contributed by atoms with E-state index in [1.165, 1.54) is 5.39 Å². The first-order valence-electron chi connectivity index (χ1n) is 5.95. The highest BCUT2D eigenvalue weighted by atomic mass is 35.5. The van der Waals surface area contributed by atoms with E-state index < -0.39 is 0 Å². The van der Waals surface area contributed by atoms with Crippen molar-refractivity contribution in [2.75, 3.05) is 0 Å². The SMILES string of the molecule is CC(C)(C)C(Cl)Cc1ccc2ccccc2n1. The molecule has 90 valence electrons. The zero-order valence-electron chi connectivity index (χ0n) is 10.6. The molecule has 0 spiro atoms. The molecular formula is C15H18ClN. The van der Waals surface area contributed by atoms with Gasteiger partial charge in [-0.3, -0.25) is 4.98 Å². The first-order valence-corrected chi connectivity index (χ1v) is 6.39. The van der Waals surface area contributed by atoms with E-state index in [-0.39, 0.29) is 10.8 Å². The number of hydrogen-bond acceptors (Lipinski definition) is 1. The van der Waals surface area contributed by atoms with Crippen molar-refractivity contribution in [3.8, 4) is 0 Å². The van der Waals surface area contributed by atoms with Crippen molar-refractivity contribution in [1.29, 1.82) is 0 Å². The van der Waals surface area contributed by atoms with E-state index >= 15 is 0 Å². The van der Waals surface area contributed by atoms with Crippen LogP contribution in [0.1, 0.15) is 26.5 Å². The molecule has 1 aromatic carbocycles. The third kappa shape index (κ3) is 2.98. The summed E-state index contributed by atoms with van der Waals surface area (Å²) in [6.07, 6.45) is 0.815. The van der Waals surface area contributed by atoms with Gasteiger partial charge in [-0.25, -0.2) is 0 Å². The fraction of sp³-hybridized carbons (Fsp3) is 0.400. The van der Waals surface area contributed by atoms with Crippen LogP contribution in [0.4, 0.5) is 0 Å². The molecule has 0 aliphatic rings. The maximum atomic E-state index is 6.40. The number of pyridine rings is 1. The Balaban J connectivity index is 2.25. The van der Waals surface area contributed by atoms with Gasteiger partial charge in [0, 0.05) is 22.9 Å². The molecule has 1 aromatic heterocycles. The first-order chi connectivity index (χ1) is 7.97. The molecule has 1 nitrogen and oxygen atoms in total. The van der Waals surface area contributed by atoms with Gasteiger partial charge >= 0.3 is 0 Å².